The number of methoxy groups -OCH3 is 1. The van der Waals surface area contributed by atoms with Crippen LogP contribution < -0.4 is 10.5 Å². The first-order valence-corrected chi connectivity index (χ1v) is 7.02. The lowest BCUT2D eigenvalue weighted by Gasteiger charge is -2.06. The highest BCUT2D eigenvalue weighted by Gasteiger charge is 2.19. The number of nitrogens with zero attached hydrogens (tertiary/aromatic N) is 5. The molecule has 22 heavy (non-hydrogen) atoms. The van der Waals surface area contributed by atoms with Gasteiger partial charge >= 0.3 is 0 Å². The summed E-state index contributed by atoms with van der Waals surface area (Å²) in [4.78, 5) is 12.7. The molecular formula is C15H18N6O. The number of hydrogen-bond donors (Lipinski definition) is 1. The van der Waals surface area contributed by atoms with Crippen molar-refractivity contribution in [1.29, 1.82) is 0 Å². The third-order valence-electron chi connectivity index (χ3n) is 3.50. The highest BCUT2D eigenvalue weighted by atomic mass is 16.5. The summed E-state index contributed by atoms with van der Waals surface area (Å²) in [6, 6.07) is 2.14. The van der Waals surface area contributed by atoms with Gasteiger partial charge in [-0.15, -0.1) is 0 Å². The number of aryl methyl sites for hydroxylation is 1. The van der Waals surface area contributed by atoms with Crippen molar-refractivity contribution in [2.24, 2.45) is 0 Å². The fraction of sp³-hybridized carbons (Fsp3) is 0.333. The molecule has 114 valence electrons. The van der Waals surface area contributed by atoms with Crippen molar-refractivity contribution in [1.82, 2.24) is 24.7 Å². The fourth-order valence-corrected chi connectivity index (χ4v) is 2.46. The van der Waals surface area contributed by atoms with E-state index >= 15 is 0 Å². The third kappa shape index (κ3) is 2.14. The molecule has 7 nitrogen and oxygen atoms in total. The Labute approximate surface area is 128 Å². The van der Waals surface area contributed by atoms with E-state index in [2.05, 4.69) is 20.1 Å². The number of aromatic nitrogens is 5. The first-order valence-electron chi connectivity index (χ1n) is 7.02. The van der Waals surface area contributed by atoms with Gasteiger partial charge in [-0.05, 0) is 26.8 Å². The van der Waals surface area contributed by atoms with Crippen molar-refractivity contribution in [2.75, 3.05) is 12.8 Å². The normalized spacial score (nSPS) is 11.3. The number of rotatable bonds is 3. The van der Waals surface area contributed by atoms with Gasteiger partial charge in [0, 0.05) is 23.4 Å². The van der Waals surface area contributed by atoms with Crippen LogP contribution in [0.3, 0.4) is 0 Å². The Balaban J connectivity index is 2.29. The summed E-state index contributed by atoms with van der Waals surface area (Å²) in [6.07, 6.45) is 3.18. The van der Waals surface area contributed by atoms with Crippen LogP contribution >= 0.6 is 0 Å². The van der Waals surface area contributed by atoms with Crippen molar-refractivity contribution in [3.8, 4) is 17.1 Å². The zero-order valence-electron chi connectivity index (χ0n) is 13.0. The molecule has 7 heteroatoms. The van der Waals surface area contributed by atoms with Gasteiger partial charge in [0.15, 0.2) is 5.65 Å². The highest BCUT2D eigenvalue weighted by molar-refractivity contribution is 5.98. The molecule has 0 radical (unpaired) electrons. The van der Waals surface area contributed by atoms with Crippen LogP contribution in [0.15, 0.2) is 18.6 Å². The van der Waals surface area contributed by atoms with Crippen LogP contribution in [-0.2, 0) is 0 Å². The van der Waals surface area contributed by atoms with Crippen molar-refractivity contribution < 1.29 is 4.74 Å². The van der Waals surface area contributed by atoms with E-state index < -0.39 is 0 Å². The van der Waals surface area contributed by atoms with E-state index in [1.54, 1.807) is 13.3 Å². The van der Waals surface area contributed by atoms with Crippen LogP contribution in [0, 0.1) is 6.92 Å². The summed E-state index contributed by atoms with van der Waals surface area (Å²) in [5.41, 5.74) is 9.31. The summed E-state index contributed by atoms with van der Waals surface area (Å²) in [5.74, 6) is 1.01. The van der Waals surface area contributed by atoms with Gasteiger partial charge in [-0.1, -0.05) is 0 Å². The Morgan fingerprint density at radius 3 is 2.64 bits per heavy atom. The molecule has 0 spiro atoms. The predicted molar refractivity (Wildman–Crippen MR) is 84.6 cm³/mol. The van der Waals surface area contributed by atoms with Crippen molar-refractivity contribution in [3.05, 3.63) is 24.2 Å². The second kappa shape index (κ2) is 5.25. The van der Waals surface area contributed by atoms with Crippen LogP contribution in [0.5, 0.6) is 5.88 Å². The topological polar surface area (TPSA) is 91.7 Å². The smallest absolute Gasteiger partial charge is 0.215 e. The Morgan fingerprint density at radius 2 is 2.00 bits per heavy atom. The SMILES string of the molecule is COc1ncc(-c2nn(C(C)C)c3ncnc(N)c23)cc1C. The van der Waals surface area contributed by atoms with E-state index in [0.717, 1.165) is 27.9 Å². The zero-order valence-corrected chi connectivity index (χ0v) is 13.0. The lowest BCUT2D eigenvalue weighted by Crippen LogP contribution is -2.04. The molecule has 0 unspecified atom stereocenters. The van der Waals surface area contributed by atoms with E-state index in [1.165, 1.54) is 6.33 Å². The van der Waals surface area contributed by atoms with Crippen LogP contribution in [0.2, 0.25) is 0 Å². The number of nitrogen functional groups attached to an aromatic ring is 1. The summed E-state index contributed by atoms with van der Waals surface area (Å²) in [6.45, 7) is 6.04. The highest BCUT2D eigenvalue weighted by Crippen LogP contribution is 2.32. The molecule has 0 aromatic carbocycles. The van der Waals surface area contributed by atoms with Crippen LogP contribution in [0.4, 0.5) is 5.82 Å². The van der Waals surface area contributed by atoms with E-state index in [0.29, 0.717) is 11.7 Å². The molecule has 2 N–H and O–H groups in total. The summed E-state index contributed by atoms with van der Waals surface area (Å²) in [7, 11) is 1.60. The minimum atomic E-state index is 0.165. The molecule has 0 saturated heterocycles. The number of fused-ring (bicyclic) bond motifs is 1. The lowest BCUT2D eigenvalue weighted by atomic mass is 10.1. The number of anilines is 1. The number of hydrogen-bond acceptors (Lipinski definition) is 6. The van der Waals surface area contributed by atoms with Crippen LogP contribution in [0.1, 0.15) is 25.5 Å². The molecule has 0 bridgehead atoms. The van der Waals surface area contributed by atoms with Gasteiger partial charge < -0.3 is 10.5 Å². The molecule has 0 atom stereocenters. The third-order valence-corrected chi connectivity index (χ3v) is 3.50. The van der Waals surface area contributed by atoms with Crippen molar-refractivity contribution >= 4 is 16.9 Å². The Morgan fingerprint density at radius 1 is 1.23 bits per heavy atom. The Bertz CT molecular complexity index is 839. The first kappa shape index (κ1) is 14.2. The summed E-state index contributed by atoms with van der Waals surface area (Å²) < 4.78 is 7.05. The number of ether oxygens (including phenoxy) is 1. The van der Waals surface area contributed by atoms with Gasteiger partial charge in [0.1, 0.15) is 17.8 Å². The van der Waals surface area contributed by atoms with Crippen molar-refractivity contribution in [3.63, 3.8) is 0 Å². The molecule has 0 aliphatic carbocycles. The molecule has 3 aromatic rings. The van der Waals surface area contributed by atoms with E-state index in [9.17, 15) is 0 Å². The largest absolute Gasteiger partial charge is 0.481 e. The maximum Gasteiger partial charge on any atom is 0.215 e. The minimum absolute atomic E-state index is 0.165. The maximum atomic E-state index is 6.05. The van der Waals surface area contributed by atoms with Gasteiger partial charge in [0.25, 0.3) is 0 Å². The van der Waals surface area contributed by atoms with Crippen LogP contribution in [0.25, 0.3) is 22.3 Å². The average molecular weight is 298 g/mol. The Hall–Kier alpha value is -2.70. The molecule has 0 aliphatic heterocycles. The van der Waals surface area contributed by atoms with Crippen LogP contribution in [-0.4, -0.2) is 31.8 Å². The Kier molecular flexibility index (Phi) is 3.40. The average Bonchev–Trinajstić information content (AvgIpc) is 2.88. The van der Waals surface area contributed by atoms with Gasteiger partial charge in [0.05, 0.1) is 12.5 Å². The van der Waals surface area contributed by atoms with Gasteiger partial charge in [-0.25, -0.2) is 19.6 Å². The van der Waals surface area contributed by atoms with E-state index in [-0.39, 0.29) is 6.04 Å². The quantitative estimate of drug-likeness (QED) is 0.798. The van der Waals surface area contributed by atoms with E-state index in [1.807, 2.05) is 31.5 Å². The second-order valence-corrected chi connectivity index (χ2v) is 5.39. The van der Waals surface area contributed by atoms with Gasteiger partial charge in [-0.2, -0.15) is 5.10 Å². The molecular weight excluding hydrogens is 280 g/mol. The molecule has 3 heterocycles. The fourth-order valence-electron chi connectivity index (χ4n) is 2.46. The molecule has 0 amide bonds. The molecule has 3 aromatic heterocycles. The van der Waals surface area contributed by atoms with Gasteiger partial charge in [-0.3, -0.25) is 0 Å². The molecule has 3 rings (SSSR count). The number of pyridine rings is 1. The maximum absolute atomic E-state index is 6.05. The molecule has 0 aliphatic rings. The minimum Gasteiger partial charge on any atom is -0.481 e. The molecule has 0 fully saturated rings. The summed E-state index contributed by atoms with van der Waals surface area (Å²) in [5, 5.41) is 5.42. The number of nitrogens with two attached hydrogens (primary N) is 1. The summed E-state index contributed by atoms with van der Waals surface area (Å²) >= 11 is 0. The lowest BCUT2D eigenvalue weighted by molar-refractivity contribution is 0.394. The zero-order chi connectivity index (χ0) is 15.9. The van der Waals surface area contributed by atoms with E-state index in [4.69, 9.17) is 10.5 Å². The first-order chi connectivity index (χ1) is 10.5. The monoisotopic (exact) mass is 298 g/mol. The predicted octanol–water partition coefficient (Wildman–Crippen LogP) is 2.37. The molecule has 0 saturated carbocycles. The second-order valence-electron chi connectivity index (χ2n) is 5.39. The van der Waals surface area contributed by atoms with Crippen molar-refractivity contribution in [2.45, 2.75) is 26.8 Å². The standard InChI is InChI=1S/C15H18N6O/c1-8(2)21-14-11(13(16)18-7-19-14)12(20-21)10-5-9(3)15(22-4)17-6-10/h5-8H,1-4H3,(H2,16,18,19). The van der Waals surface area contributed by atoms with Gasteiger partial charge in [0.2, 0.25) is 5.88 Å².